The zero-order chi connectivity index (χ0) is 24.9. The molecule has 1 fully saturated rings. The van der Waals surface area contributed by atoms with Gasteiger partial charge in [-0.1, -0.05) is 6.92 Å². The molecule has 0 spiro atoms. The molecule has 2 N–H and O–H groups in total. The Bertz CT molecular complexity index is 1030. The van der Waals surface area contributed by atoms with E-state index in [1.54, 1.807) is 17.3 Å². The Morgan fingerprint density at radius 2 is 2.03 bits per heavy atom. The van der Waals surface area contributed by atoms with Crippen molar-refractivity contribution in [2.45, 2.75) is 51.8 Å². The second-order valence-corrected chi connectivity index (χ2v) is 10.0. The average molecular weight is 481 g/mol. The quantitative estimate of drug-likeness (QED) is 0.603. The molecule has 4 rings (SSSR count). The highest BCUT2D eigenvalue weighted by Gasteiger charge is 2.32. The van der Waals surface area contributed by atoms with Gasteiger partial charge in [-0.2, -0.15) is 0 Å². The van der Waals surface area contributed by atoms with Gasteiger partial charge in [-0.3, -0.25) is 19.5 Å². The van der Waals surface area contributed by atoms with Crippen molar-refractivity contribution in [1.29, 1.82) is 0 Å². The fourth-order valence-electron chi connectivity index (χ4n) is 4.49. The van der Waals surface area contributed by atoms with Crippen molar-refractivity contribution in [3.63, 3.8) is 0 Å². The van der Waals surface area contributed by atoms with E-state index in [-0.39, 0.29) is 48.8 Å². The van der Waals surface area contributed by atoms with Crippen LogP contribution in [0, 0.1) is 11.8 Å². The summed E-state index contributed by atoms with van der Waals surface area (Å²) in [6.07, 6.45) is 5.42. The predicted molar refractivity (Wildman–Crippen MR) is 134 cm³/mol. The number of pyridine rings is 1. The third-order valence-electron chi connectivity index (χ3n) is 6.83. The van der Waals surface area contributed by atoms with E-state index in [0.717, 1.165) is 24.9 Å². The number of likely N-dealkylation sites (N-methyl/N-ethyl adjacent to an activating group) is 1. The molecule has 35 heavy (non-hydrogen) atoms. The summed E-state index contributed by atoms with van der Waals surface area (Å²) in [6.45, 7) is 5.76. The number of ether oxygens (including phenoxy) is 1. The van der Waals surface area contributed by atoms with Gasteiger partial charge in [-0.25, -0.2) is 0 Å². The Labute approximate surface area is 207 Å². The number of aromatic nitrogens is 1. The van der Waals surface area contributed by atoms with Crippen molar-refractivity contribution in [2.24, 2.45) is 11.8 Å². The van der Waals surface area contributed by atoms with E-state index in [9.17, 15) is 14.7 Å². The van der Waals surface area contributed by atoms with Crippen molar-refractivity contribution in [3.8, 4) is 5.75 Å². The smallest absolute Gasteiger partial charge is 0.227 e. The van der Waals surface area contributed by atoms with Crippen LogP contribution in [0.3, 0.4) is 0 Å². The SMILES string of the molecule is C[C@@H]1CN([C@H](C)CO)C(=O)Cc2cc(NC(=O)C3CC3)ccc2O[C@@H]1CN(C)Cc1ccncc1. The van der Waals surface area contributed by atoms with Crippen LogP contribution in [0.5, 0.6) is 5.75 Å². The van der Waals surface area contributed by atoms with E-state index in [1.165, 1.54) is 5.56 Å². The predicted octanol–water partition coefficient (Wildman–Crippen LogP) is 2.71. The maximum atomic E-state index is 13.3. The topological polar surface area (TPSA) is 95.0 Å². The second kappa shape index (κ2) is 11.2. The van der Waals surface area contributed by atoms with Crippen LogP contribution in [-0.4, -0.2) is 70.6 Å². The third kappa shape index (κ3) is 6.58. The molecule has 3 atom stereocenters. The van der Waals surface area contributed by atoms with Gasteiger partial charge in [0.2, 0.25) is 11.8 Å². The van der Waals surface area contributed by atoms with Crippen LogP contribution in [-0.2, 0) is 22.6 Å². The number of fused-ring (bicyclic) bond motifs is 1. The number of carbonyl (C=O) groups excluding carboxylic acids is 2. The molecule has 1 aliphatic carbocycles. The molecule has 0 radical (unpaired) electrons. The summed E-state index contributed by atoms with van der Waals surface area (Å²) < 4.78 is 6.56. The van der Waals surface area contributed by atoms with Gasteiger partial charge in [0.05, 0.1) is 19.1 Å². The lowest BCUT2D eigenvalue weighted by molar-refractivity contribution is -0.134. The fourth-order valence-corrected chi connectivity index (χ4v) is 4.49. The van der Waals surface area contributed by atoms with Gasteiger partial charge in [0.1, 0.15) is 11.9 Å². The molecule has 8 heteroatoms. The molecule has 188 valence electrons. The van der Waals surface area contributed by atoms with Crippen LogP contribution < -0.4 is 10.1 Å². The Morgan fingerprint density at radius 1 is 1.29 bits per heavy atom. The van der Waals surface area contributed by atoms with Gasteiger partial charge in [0, 0.05) is 55.1 Å². The van der Waals surface area contributed by atoms with Gasteiger partial charge < -0.3 is 20.1 Å². The Hall–Kier alpha value is -2.97. The zero-order valence-corrected chi connectivity index (χ0v) is 20.8. The minimum absolute atomic E-state index is 0.0278. The summed E-state index contributed by atoms with van der Waals surface area (Å²) in [7, 11) is 2.06. The van der Waals surface area contributed by atoms with E-state index < -0.39 is 0 Å². The zero-order valence-electron chi connectivity index (χ0n) is 20.8. The van der Waals surface area contributed by atoms with E-state index in [1.807, 2.05) is 37.3 Å². The summed E-state index contributed by atoms with van der Waals surface area (Å²) in [5.74, 6) is 0.767. The summed E-state index contributed by atoms with van der Waals surface area (Å²) in [5.41, 5.74) is 2.59. The lowest BCUT2D eigenvalue weighted by Gasteiger charge is -2.34. The maximum absolute atomic E-state index is 13.3. The van der Waals surface area contributed by atoms with Crippen LogP contribution >= 0.6 is 0 Å². The fraction of sp³-hybridized carbons (Fsp3) is 0.519. The minimum atomic E-state index is -0.292. The highest BCUT2D eigenvalue weighted by Crippen LogP contribution is 2.32. The summed E-state index contributed by atoms with van der Waals surface area (Å²) in [6, 6.07) is 9.26. The summed E-state index contributed by atoms with van der Waals surface area (Å²) >= 11 is 0. The molecular weight excluding hydrogens is 444 g/mol. The molecule has 1 aromatic heterocycles. The number of aliphatic hydroxyl groups excluding tert-OH is 1. The van der Waals surface area contributed by atoms with Gasteiger partial charge >= 0.3 is 0 Å². The molecule has 1 saturated carbocycles. The standard InChI is InChI=1S/C27H36N4O4/c1-18-14-31(19(2)17-32)26(33)13-22-12-23(29-27(34)21-4-5-21)6-7-24(22)35-25(18)16-30(3)15-20-8-10-28-11-9-20/h6-12,18-19,21,25,32H,4-5,13-17H2,1-3H3,(H,29,34)/t18-,19-,25-/m1/s1. The van der Waals surface area contributed by atoms with Crippen LogP contribution in [0.1, 0.15) is 37.8 Å². The number of aliphatic hydroxyl groups is 1. The van der Waals surface area contributed by atoms with E-state index in [2.05, 4.69) is 29.2 Å². The number of hydrogen-bond donors (Lipinski definition) is 2. The largest absolute Gasteiger partial charge is 0.488 e. The van der Waals surface area contributed by atoms with Crippen LogP contribution in [0.2, 0.25) is 0 Å². The third-order valence-corrected chi connectivity index (χ3v) is 6.83. The molecule has 0 bridgehead atoms. The number of hydrogen-bond acceptors (Lipinski definition) is 6. The number of amides is 2. The first kappa shape index (κ1) is 25.1. The lowest BCUT2D eigenvalue weighted by atomic mass is 10.0. The van der Waals surface area contributed by atoms with Crippen molar-refractivity contribution in [2.75, 3.05) is 32.1 Å². The molecule has 1 aromatic carbocycles. The van der Waals surface area contributed by atoms with Gasteiger partial charge in [0.15, 0.2) is 0 Å². The number of benzene rings is 1. The van der Waals surface area contributed by atoms with Crippen LogP contribution in [0.25, 0.3) is 0 Å². The monoisotopic (exact) mass is 480 g/mol. The van der Waals surface area contributed by atoms with Crippen molar-refractivity contribution < 1.29 is 19.4 Å². The summed E-state index contributed by atoms with van der Waals surface area (Å²) in [5, 5.41) is 12.8. The molecule has 2 heterocycles. The number of nitrogens with one attached hydrogen (secondary N) is 1. The van der Waals surface area contributed by atoms with Crippen molar-refractivity contribution in [3.05, 3.63) is 53.9 Å². The van der Waals surface area contributed by atoms with Crippen LogP contribution in [0.15, 0.2) is 42.7 Å². The molecule has 2 aliphatic rings. The first-order valence-electron chi connectivity index (χ1n) is 12.4. The van der Waals surface area contributed by atoms with Crippen LogP contribution in [0.4, 0.5) is 5.69 Å². The highest BCUT2D eigenvalue weighted by molar-refractivity contribution is 5.94. The normalized spacial score (nSPS) is 21.4. The molecule has 2 amide bonds. The molecule has 0 unspecified atom stereocenters. The highest BCUT2D eigenvalue weighted by atomic mass is 16.5. The number of nitrogens with zero attached hydrogens (tertiary/aromatic N) is 3. The van der Waals surface area contributed by atoms with Gasteiger partial charge in [-0.15, -0.1) is 0 Å². The molecule has 0 saturated heterocycles. The first-order chi connectivity index (χ1) is 16.8. The Morgan fingerprint density at radius 3 is 2.71 bits per heavy atom. The van der Waals surface area contributed by atoms with Crippen molar-refractivity contribution in [1.82, 2.24) is 14.8 Å². The van der Waals surface area contributed by atoms with Gasteiger partial charge in [-0.05, 0) is 62.7 Å². The number of anilines is 1. The first-order valence-corrected chi connectivity index (χ1v) is 12.4. The maximum Gasteiger partial charge on any atom is 0.227 e. The molecular formula is C27H36N4O4. The molecule has 2 aromatic rings. The van der Waals surface area contributed by atoms with E-state index in [4.69, 9.17) is 4.74 Å². The minimum Gasteiger partial charge on any atom is -0.488 e. The summed E-state index contributed by atoms with van der Waals surface area (Å²) in [4.78, 5) is 33.6. The molecule has 8 nitrogen and oxygen atoms in total. The Balaban J connectivity index is 1.58. The second-order valence-electron chi connectivity index (χ2n) is 10.0. The number of rotatable bonds is 8. The average Bonchev–Trinajstić information content (AvgIpc) is 3.68. The lowest BCUT2D eigenvalue weighted by Crippen LogP contribution is -2.47. The Kier molecular flexibility index (Phi) is 8.03. The van der Waals surface area contributed by atoms with E-state index >= 15 is 0 Å². The number of carbonyl (C=O) groups is 2. The molecule has 1 aliphatic heterocycles. The van der Waals surface area contributed by atoms with E-state index in [0.29, 0.717) is 24.5 Å². The van der Waals surface area contributed by atoms with Crippen molar-refractivity contribution >= 4 is 17.5 Å². The van der Waals surface area contributed by atoms with Gasteiger partial charge in [0.25, 0.3) is 0 Å².